The van der Waals surface area contributed by atoms with Gasteiger partial charge in [0.05, 0.1) is 18.5 Å². The molecule has 184 valence electrons. The molecular weight excluding hydrogens is 468 g/mol. The number of carbonyl (C=O) groups is 2. The molecule has 8 heteroatoms. The number of hydrogen-bond acceptors (Lipinski definition) is 5. The Bertz CT molecular complexity index is 1390. The fourth-order valence-corrected chi connectivity index (χ4v) is 3.91. The minimum atomic E-state index is -0.900. The monoisotopic (exact) mass is 491 g/mol. The van der Waals surface area contributed by atoms with Gasteiger partial charge in [0.25, 0.3) is 0 Å². The number of ether oxygens (including phenoxy) is 1. The van der Waals surface area contributed by atoms with E-state index in [0.717, 1.165) is 23.3 Å². The van der Waals surface area contributed by atoms with E-state index < -0.39 is 29.7 Å². The summed E-state index contributed by atoms with van der Waals surface area (Å²) in [6.07, 6.45) is -1.07. The van der Waals surface area contributed by atoms with Crippen LogP contribution in [0.3, 0.4) is 0 Å². The third-order valence-corrected chi connectivity index (χ3v) is 5.80. The van der Waals surface area contributed by atoms with Crippen molar-refractivity contribution in [3.63, 3.8) is 0 Å². The number of halogens is 2. The maximum atomic E-state index is 14.0. The van der Waals surface area contributed by atoms with Gasteiger partial charge in [-0.2, -0.15) is 0 Å². The molecule has 0 spiro atoms. The summed E-state index contributed by atoms with van der Waals surface area (Å²) in [5, 5.41) is 12.9. The topological polar surface area (TPSA) is 89.6 Å². The normalized spacial score (nSPS) is 11.8. The average Bonchev–Trinajstić information content (AvgIpc) is 3.19. The maximum absolute atomic E-state index is 14.0. The van der Waals surface area contributed by atoms with E-state index in [1.807, 2.05) is 36.4 Å². The highest BCUT2D eigenvalue weighted by Crippen LogP contribution is 2.30. The number of carboxylic acid groups (broad SMARTS) is 1. The Morgan fingerprint density at radius 3 is 2.17 bits per heavy atom. The standard InChI is InChI=1S/C28H23F2NO5/c1-16-24(15-27(34)35-17(2)23-12-11-22(29)14-25(23)30)28(36-31-16)21-9-7-20(8-10-21)19-5-3-18(4-6-19)13-26(32)33/h3-12,14,17H,13,15H2,1-2H3,(H,32,33). The van der Waals surface area contributed by atoms with Gasteiger partial charge in [0, 0.05) is 22.8 Å². The lowest BCUT2D eigenvalue weighted by atomic mass is 9.99. The summed E-state index contributed by atoms with van der Waals surface area (Å²) in [6, 6.07) is 17.8. The predicted molar refractivity (Wildman–Crippen MR) is 128 cm³/mol. The van der Waals surface area contributed by atoms with Gasteiger partial charge < -0.3 is 14.4 Å². The van der Waals surface area contributed by atoms with Gasteiger partial charge in [-0.25, -0.2) is 8.78 Å². The molecule has 0 aliphatic heterocycles. The smallest absolute Gasteiger partial charge is 0.311 e. The van der Waals surface area contributed by atoms with Gasteiger partial charge in [-0.15, -0.1) is 0 Å². The van der Waals surface area contributed by atoms with E-state index in [1.165, 1.54) is 13.0 Å². The van der Waals surface area contributed by atoms with Crippen molar-refractivity contribution in [2.24, 2.45) is 0 Å². The summed E-state index contributed by atoms with van der Waals surface area (Å²) in [7, 11) is 0. The molecule has 1 N–H and O–H groups in total. The molecular formula is C28H23F2NO5. The number of aliphatic carboxylic acids is 1. The van der Waals surface area contributed by atoms with Crippen LogP contribution in [0.5, 0.6) is 0 Å². The summed E-state index contributed by atoms with van der Waals surface area (Å²) in [5.74, 6) is -2.55. The highest BCUT2D eigenvalue weighted by Gasteiger charge is 2.22. The third kappa shape index (κ3) is 5.66. The van der Waals surface area contributed by atoms with Gasteiger partial charge in [0.1, 0.15) is 17.7 Å². The van der Waals surface area contributed by atoms with Gasteiger partial charge in [0.2, 0.25) is 0 Å². The fraction of sp³-hybridized carbons (Fsp3) is 0.179. The second kappa shape index (κ2) is 10.5. The highest BCUT2D eigenvalue weighted by atomic mass is 19.1. The fourth-order valence-electron chi connectivity index (χ4n) is 3.91. The molecule has 1 unspecified atom stereocenters. The summed E-state index contributed by atoms with van der Waals surface area (Å²) >= 11 is 0. The van der Waals surface area contributed by atoms with Crippen LogP contribution in [0.4, 0.5) is 8.78 Å². The molecule has 4 aromatic rings. The van der Waals surface area contributed by atoms with E-state index in [-0.39, 0.29) is 18.4 Å². The van der Waals surface area contributed by atoms with E-state index in [1.54, 1.807) is 19.1 Å². The number of esters is 1. The number of carbonyl (C=O) groups excluding carboxylic acids is 1. The number of aryl methyl sites for hydroxylation is 1. The van der Waals surface area contributed by atoms with Gasteiger partial charge in [0.15, 0.2) is 5.76 Å². The van der Waals surface area contributed by atoms with Crippen LogP contribution in [0, 0.1) is 18.6 Å². The van der Waals surface area contributed by atoms with Gasteiger partial charge in [-0.05, 0) is 42.7 Å². The lowest BCUT2D eigenvalue weighted by Crippen LogP contribution is -2.13. The zero-order valence-corrected chi connectivity index (χ0v) is 19.6. The van der Waals surface area contributed by atoms with Crippen molar-refractivity contribution in [1.82, 2.24) is 5.16 Å². The average molecular weight is 491 g/mol. The van der Waals surface area contributed by atoms with Crippen LogP contribution < -0.4 is 0 Å². The Balaban J connectivity index is 1.48. The van der Waals surface area contributed by atoms with Gasteiger partial charge in [-0.3, -0.25) is 9.59 Å². The van der Waals surface area contributed by atoms with Gasteiger partial charge >= 0.3 is 11.9 Å². The maximum Gasteiger partial charge on any atom is 0.311 e. The quantitative estimate of drug-likeness (QED) is 0.301. The Morgan fingerprint density at radius 2 is 1.56 bits per heavy atom. The summed E-state index contributed by atoms with van der Waals surface area (Å²) < 4.78 is 38.1. The van der Waals surface area contributed by atoms with E-state index in [2.05, 4.69) is 5.16 Å². The van der Waals surface area contributed by atoms with E-state index in [9.17, 15) is 18.4 Å². The summed E-state index contributed by atoms with van der Waals surface area (Å²) in [6.45, 7) is 3.23. The Hall–Kier alpha value is -4.33. The Morgan fingerprint density at radius 1 is 0.944 bits per heavy atom. The molecule has 0 aliphatic rings. The number of nitrogens with zero attached hydrogens (tertiary/aromatic N) is 1. The van der Waals surface area contributed by atoms with E-state index in [0.29, 0.717) is 28.1 Å². The molecule has 3 aromatic carbocycles. The van der Waals surface area contributed by atoms with Crippen LogP contribution in [-0.2, 0) is 27.2 Å². The van der Waals surface area contributed by atoms with Crippen LogP contribution in [0.1, 0.15) is 35.4 Å². The van der Waals surface area contributed by atoms with Gasteiger partial charge in [-0.1, -0.05) is 53.7 Å². The first kappa shape index (κ1) is 24.8. The van der Waals surface area contributed by atoms with Crippen molar-refractivity contribution in [2.75, 3.05) is 0 Å². The minimum absolute atomic E-state index is 0.0348. The molecule has 6 nitrogen and oxygen atoms in total. The second-order valence-electron chi connectivity index (χ2n) is 8.40. The number of benzene rings is 3. The Labute approximate surface area is 206 Å². The first-order valence-corrected chi connectivity index (χ1v) is 11.2. The van der Waals surface area contributed by atoms with Crippen LogP contribution in [0.15, 0.2) is 71.3 Å². The largest absolute Gasteiger partial charge is 0.481 e. The van der Waals surface area contributed by atoms with E-state index >= 15 is 0 Å². The van der Waals surface area contributed by atoms with Crippen molar-refractivity contribution in [1.29, 1.82) is 0 Å². The number of hydrogen-bond donors (Lipinski definition) is 1. The molecule has 0 saturated heterocycles. The number of aromatic nitrogens is 1. The molecule has 0 radical (unpaired) electrons. The van der Waals surface area contributed by atoms with Crippen molar-refractivity contribution in [3.05, 3.63) is 101 Å². The SMILES string of the molecule is Cc1noc(-c2ccc(-c3ccc(CC(=O)O)cc3)cc2)c1CC(=O)OC(C)c1ccc(F)cc1F. The molecule has 4 rings (SSSR count). The minimum Gasteiger partial charge on any atom is -0.481 e. The Kier molecular flexibility index (Phi) is 7.24. The predicted octanol–water partition coefficient (Wildman–Crippen LogP) is 6.07. The van der Waals surface area contributed by atoms with Crippen molar-refractivity contribution < 1.29 is 32.7 Å². The van der Waals surface area contributed by atoms with Crippen LogP contribution >= 0.6 is 0 Å². The molecule has 1 atom stereocenters. The molecule has 0 bridgehead atoms. The molecule has 0 fully saturated rings. The zero-order chi connectivity index (χ0) is 25.8. The molecule has 0 aliphatic carbocycles. The summed E-state index contributed by atoms with van der Waals surface area (Å²) in [4.78, 5) is 23.5. The molecule has 0 amide bonds. The lowest BCUT2D eigenvalue weighted by Gasteiger charge is -2.14. The van der Waals surface area contributed by atoms with Crippen molar-refractivity contribution >= 4 is 11.9 Å². The highest BCUT2D eigenvalue weighted by molar-refractivity contribution is 5.78. The number of rotatable bonds is 8. The molecule has 1 aromatic heterocycles. The molecule has 1 heterocycles. The van der Waals surface area contributed by atoms with Crippen LogP contribution in [-0.4, -0.2) is 22.2 Å². The molecule has 36 heavy (non-hydrogen) atoms. The van der Waals surface area contributed by atoms with Crippen LogP contribution in [0.2, 0.25) is 0 Å². The van der Waals surface area contributed by atoms with Crippen molar-refractivity contribution in [3.8, 4) is 22.5 Å². The van der Waals surface area contributed by atoms with Crippen molar-refractivity contribution in [2.45, 2.75) is 32.8 Å². The van der Waals surface area contributed by atoms with Crippen LogP contribution in [0.25, 0.3) is 22.5 Å². The lowest BCUT2D eigenvalue weighted by molar-refractivity contribution is -0.147. The zero-order valence-electron chi connectivity index (χ0n) is 19.6. The van der Waals surface area contributed by atoms with E-state index in [4.69, 9.17) is 14.4 Å². The number of carboxylic acids is 1. The first-order chi connectivity index (χ1) is 17.2. The molecule has 0 saturated carbocycles. The third-order valence-electron chi connectivity index (χ3n) is 5.80. The second-order valence-corrected chi connectivity index (χ2v) is 8.40. The summed E-state index contributed by atoms with van der Waals surface area (Å²) in [5.41, 5.74) is 4.44. The first-order valence-electron chi connectivity index (χ1n) is 11.2.